The minimum atomic E-state index is 0.0877. The zero-order valence-electron chi connectivity index (χ0n) is 10.8. The lowest BCUT2D eigenvalue weighted by molar-refractivity contribution is -0.123. The van der Waals surface area contributed by atoms with E-state index in [0.29, 0.717) is 19.0 Å². The van der Waals surface area contributed by atoms with Crippen molar-refractivity contribution < 1.29 is 4.79 Å². The largest absolute Gasteiger partial charge is 0.354 e. The second-order valence-corrected chi connectivity index (χ2v) is 5.07. The SMILES string of the molecule is CC(CNC(=O)CN1CC(N)C1)c1ccccc1. The molecule has 0 aliphatic carbocycles. The van der Waals surface area contributed by atoms with Crippen molar-refractivity contribution in [2.75, 3.05) is 26.2 Å². The Hall–Kier alpha value is -1.39. The first-order chi connectivity index (χ1) is 8.65. The Bertz CT molecular complexity index is 387. The summed E-state index contributed by atoms with van der Waals surface area (Å²) in [5, 5.41) is 2.97. The Morgan fingerprint density at radius 3 is 2.72 bits per heavy atom. The van der Waals surface area contributed by atoms with Crippen LogP contribution in [-0.2, 0) is 4.79 Å². The summed E-state index contributed by atoms with van der Waals surface area (Å²) in [7, 11) is 0. The first kappa shape index (κ1) is 13.1. The molecule has 1 aliphatic heterocycles. The van der Waals surface area contributed by atoms with Gasteiger partial charge in [0.1, 0.15) is 0 Å². The van der Waals surface area contributed by atoms with Crippen molar-refractivity contribution in [2.45, 2.75) is 18.9 Å². The molecule has 0 spiro atoms. The van der Waals surface area contributed by atoms with Crippen LogP contribution < -0.4 is 11.1 Å². The third-order valence-electron chi connectivity index (χ3n) is 3.33. The highest BCUT2D eigenvalue weighted by molar-refractivity contribution is 5.78. The maximum absolute atomic E-state index is 11.7. The Balaban J connectivity index is 1.69. The van der Waals surface area contributed by atoms with E-state index < -0.39 is 0 Å². The summed E-state index contributed by atoms with van der Waals surface area (Å²) in [4.78, 5) is 13.8. The fourth-order valence-corrected chi connectivity index (χ4v) is 2.16. The van der Waals surface area contributed by atoms with Crippen molar-refractivity contribution in [3.63, 3.8) is 0 Å². The molecule has 2 rings (SSSR count). The first-order valence-electron chi connectivity index (χ1n) is 6.44. The molecule has 1 unspecified atom stereocenters. The summed E-state index contributed by atoms with van der Waals surface area (Å²) in [6.07, 6.45) is 0. The fraction of sp³-hybridized carbons (Fsp3) is 0.500. The lowest BCUT2D eigenvalue weighted by atomic mass is 10.0. The van der Waals surface area contributed by atoms with E-state index in [4.69, 9.17) is 5.73 Å². The van der Waals surface area contributed by atoms with Crippen LogP contribution in [0.5, 0.6) is 0 Å². The summed E-state index contributed by atoms with van der Waals surface area (Å²) >= 11 is 0. The lowest BCUT2D eigenvalue weighted by Crippen LogP contribution is -2.58. The highest BCUT2D eigenvalue weighted by Gasteiger charge is 2.24. The summed E-state index contributed by atoms with van der Waals surface area (Å²) in [5.41, 5.74) is 6.92. The summed E-state index contributed by atoms with van der Waals surface area (Å²) in [6.45, 7) is 4.94. The molecule has 4 nitrogen and oxygen atoms in total. The molecule has 0 aromatic heterocycles. The van der Waals surface area contributed by atoms with Crippen LogP contribution in [0.3, 0.4) is 0 Å². The normalized spacial score (nSPS) is 18.1. The van der Waals surface area contributed by atoms with Gasteiger partial charge in [0.15, 0.2) is 0 Å². The monoisotopic (exact) mass is 247 g/mol. The third-order valence-corrected chi connectivity index (χ3v) is 3.33. The maximum Gasteiger partial charge on any atom is 0.234 e. The molecule has 1 amide bonds. The van der Waals surface area contributed by atoms with E-state index in [1.54, 1.807) is 0 Å². The van der Waals surface area contributed by atoms with Gasteiger partial charge in [-0.05, 0) is 11.5 Å². The van der Waals surface area contributed by atoms with Crippen LogP contribution in [-0.4, -0.2) is 43.0 Å². The number of hydrogen-bond donors (Lipinski definition) is 2. The summed E-state index contributed by atoms with van der Waals surface area (Å²) < 4.78 is 0. The van der Waals surface area contributed by atoms with E-state index in [9.17, 15) is 4.79 Å². The van der Waals surface area contributed by atoms with Crippen molar-refractivity contribution in [1.82, 2.24) is 10.2 Å². The second-order valence-electron chi connectivity index (χ2n) is 5.07. The highest BCUT2D eigenvalue weighted by Crippen LogP contribution is 2.13. The minimum absolute atomic E-state index is 0.0877. The number of nitrogens with two attached hydrogens (primary N) is 1. The molecule has 1 aromatic rings. The van der Waals surface area contributed by atoms with Crippen molar-refractivity contribution in [2.24, 2.45) is 5.73 Å². The Kier molecular flexibility index (Phi) is 4.33. The minimum Gasteiger partial charge on any atom is -0.354 e. The number of hydrogen-bond acceptors (Lipinski definition) is 3. The highest BCUT2D eigenvalue weighted by atomic mass is 16.2. The number of carbonyl (C=O) groups is 1. The molecular formula is C14H21N3O. The Labute approximate surface area is 108 Å². The van der Waals surface area contributed by atoms with Gasteiger partial charge in [-0.3, -0.25) is 9.69 Å². The number of benzene rings is 1. The van der Waals surface area contributed by atoms with Crippen LogP contribution in [0.25, 0.3) is 0 Å². The third kappa shape index (κ3) is 3.55. The van der Waals surface area contributed by atoms with Gasteiger partial charge in [0, 0.05) is 25.7 Å². The van der Waals surface area contributed by atoms with E-state index in [1.165, 1.54) is 5.56 Å². The molecule has 98 valence electrons. The van der Waals surface area contributed by atoms with Crippen molar-refractivity contribution in [3.8, 4) is 0 Å². The molecule has 1 fully saturated rings. The van der Waals surface area contributed by atoms with Gasteiger partial charge in [0.25, 0.3) is 0 Å². The molecule has 1 heterocycles. The van der Waals surface area contributed by atoms with Gasteiger partial charge in [0.05, 0.1) is 6.54 Å². The number of amides is 1. The summed E-state index contributed by atoms with van der Waals surface area (Å²) in [5.74, 6) is 0.429. The lowest BCUT2D eigenvalue weighted by Gasteiger charge is -2.36. The number of nitrogens with one attached hydrogen (secondary N) is 1. The Morgan fingerprint density at radius 2 is 2.11 bits per heavy atom. The van der Waals surface area contributed by atoms with Crippen LogP contribution >= 0.6 is 0 Å². The maximum atomic E-state index is 11.7. The number of rotatable bonds is 5. The smallest absolute Gasteiger partial charge is 0.234 e. The van der Waals surface area contributed by atoms with E-state index in [0.717, 1.165) is 13.1 Å². The van der Waals surface area contributed by atoms with Gasteiger partial charge in [0.2, 0.25) is 5.91 Å². The predicted octanol–water partition coefficient (Wildman–Crippen LogP) is 0.549. The molecule has 1 saturated heterocycles. The van der Waals surface area contributed by atoms with Crippen LogP contribution in [0.1, 0.15) is 18.4 Å². The molecule has 18 heavy (non-hydrogen) atoms. The van der Waals surface area contributed by atoms with E-state index in [1.807, 2.05) is 18.2 Å². The molecule has 1 aromatic carbocycles. The zero-order valence-corrected chi connectivity index (χ0v) is 10.8. The molecule has 3 N–H and O–H groups in total. The van der Waals surface area contributed by atoms with E-state index >= 15 is 0 Å². The van der Waals surface area contributed by atoms with Crippen molar-refractivity contribution >= 4 is 5.91 Å². The first-order valence-corrected chi connectivity index (χ1v) is 6.44. The quantitative estimate of drug-likeness (QED) is 0.799. The molecule has 1 atom stereocenters. The van der Waals surface area contributed by atoms with Crippen LogP contribution in [0.4, 0.5) is 0 Å². The van der Waals surface area contributed by atoms with Gasteiger partial charge in [-0.1, -0.05) is 37.3 Å². The number of likely N-dealkylation sites (tertiary alicyclic amines) is 1. The molecule has 0 radical (unpaired) electrons. The molecule has 0 saturated carbocycles. The number of carbonyl (C=O) groups excluding carboxylic acids is 1. The van der Waals surface area contributed by atoms with Gasteiger partial charge in [-0.15, -0.1) is 0 Å². The average molecular weight is 247 g/mol. The van der Waals surface area contributed by atoms with Gasteiger partial charge in [-0.25, -0.2) is 0 Å². The molecule has 0 bridgehead atoms. The topological polar surface area (TPSA) is 58.4 Å². The van der Waals surface area contributed by atoms with Crippen molar-refractivity contribution in [1.29, 1.82) is 0 Å². The second kappa shape index (κ2) is 5.98. The van der Waals surface area contributed by atoms with Crippen LogP contribution in [0.2, 0.25) is 0 Å². The van der Waals surface area contributed by atoms with Crippen LogP contribution in [0, 0.1) is 0 Å². The molecule has 4 heteroatoms. The van der Waals surface area contributed by atoms with E-state index in [-0.39, 0.29) is 11.9 Å². The van der Waals surface area contributed by atoms with E-state index in [2.05, 4.69) is 29.3 Å². The van der Waals surface area contributed by atoms with Gasteiger partial charge >= 0.3 is 0 Å². The summed E-state index contributed by atoms with van der Waals surface area (Å²) in [6, 6.07) is 10.5. The van der Waals surface area contributed by atoms with Crippen LogP contribution in [0.15, 0.2) is 30.3 Å². The standard InChI is InChI=1S/C14H21N3O/c1-11(12-5-3-2-4-6-12)7-16-14(18)10-17-8-13(15)9-17/h2-6,11,13H,7-10,15H2,1H3,(H,16,18). The van der Waals surface area contributed by atoms with Gasteiger partial charge in [-0.2, -0.15) is 0 Å². The van der Waals surface area contributed by atoms with Gasteiger partial charge < -0.3 is 11.1 Å². The number of nitrogens with zero attached hydrogens (tertiary/aromatic N) is 1. The zero-order chi connectivity index (χ0) is 13.0. The molecule has 1 aliphatic rings. The predicted molar refractivity (Wildman–Crippen MR) is 72.3 cm³/mol. The Morgan fingerprint density at radius 1 is 1.44 bits per heavy atom. The molecular weight excluding hydrogens is 226 g/mol. The average Bonchev–Trinajstić information content (AvgIpc) is 2.35. The fourth-order valence-electron chi connectivity index (χ4n) is 2.16. The van der Waals surface area contributed by atoms with Crippen molar-refractivity contribution in [3.05, 3.63) is 35.9 Å².